The van der Waals surface area contributed by atoms with Gasteiger partial charge in [0, 0.05) is 43.6 Å². The third-order valence-electron chi connectivity index (χ3n) is 4.56. The molecule has 0 saturated carbocycles. The van der Waals surface area contributed by atoms with E-state index in [0.717, 1.165) is 49.1 Å². The predicted molar refractivity (Wildman–Crippen MR) is 107 cm³/mol. The van der Waals surface area contributed by atoms with E-state index in [0.29, 0.717) is 18.2 Å². The van der Waals surface area contributed by atoms with Crippen molar-refractivity contribution in [1.29, 1.82) is 0 Å². The van der Waals surface area contributed by atoms with E-state index < -0.39 is 0 Å². The SMILES string of the molecule is C=CCNC(=O)c1ccc(NC2CCN(c3cc(C)nc(C)n3)CC2)nc1. The molecule has 27 heavy (non-hydrogen) atoms. The Morgan fingerprint density at radius 1 is 1.30 bits per heavy atom. The standard InChI is InChI=1S/C20H26N6O/c1-4-9-21-20(27)16-5-6-18(22-13-16)25-17-7-10-26(11-8-17)19-12-14(2)23-15(3)24-19/h4-6,12-13,17H,1,7-11H2,2-3H3,(H,21,27)(H,22,25). The Morgan fingerprint density at radius 2 is 2.07 bits per heavy atom. The summed E-state index contributed by atoms with van der Waals surface area (Å²) in [7, 11) is 0. The van der Waals surface area contributed by atoms with Crippen LogP contribution in [0.15, 0.2) is 37.1 Å². The fourth-order valence-electron chi connectivity index (χ4n) is 3.20. The van der Waals surface area contributed by atoms with Crippen molar-refractivity contribution in [3.63, 3.8) is 0 Å². The number of pyridine rings is 1. The van der Waals surface area contributed by atoms with Crippen molar-refractivity contribution < 1.29 is 4.79 Å². The van der Waals surface area contributed by atoms with Crippen LogP contribution in [0.5, 0.6) is 0 Å². The molecule has 1 fully saturated rings. The number of aryl methyl sites for hydroxylation is 2. The Kier molecular flexibility index (Phi) is 6.01. The fraction of sp³-hybridized carbons (Fsp3) is 0.400. The van der Waals surface area contributed by atoms with E-state index in [1.54, 1.807) is 18.3 Å². The number of aromatic nitrogens is 3. The molecule has 142 valence electrons. The number of nitrogens with one attached hydrogen (secondary N) is 2. The maximum atomic E-state index is 11.9. The molecule has 0 atom stereocenters. The molecule has 7 heteroatoms. The average Bonchev–Trinajstić information content (AvgIpc) is 2.66. The third kappa shape index (κ3) is 5.03. The largest absolute Gasteiger partial charge is 0.367 e. The number of hydrogen-bond donors (Lipinski definition) is 2. The van der Waals surface area contributed by atoms with Crippen LogP contribution in [-0.2, 0) is 0 Å². The Balaban J connectivity index is 1.53. The van der Waals surface area contributed by atoms with Gasteiger partial charge in [-0.15, -0.1) is 6.58 Å². The van der Waals surface area contributed by atoms with E-state index in [2.05, 4.69) is 37.1 Å². The van der Waals surface area contributed by atoms with Crippen LogP contribution in [0, 0.1) is 13.8 Å². The maximum absolute atomic E-state index is 11.9. The van der Waals surface area contributed by atoms with E-state index in [9.17, 15) is 4.79 Å². The van der Waals surface area contributed by atoms with Crippen molar-refractivity contribution in [3.8, 4) is 0 Å². The lowest BCUT2D eigenvalue weighted by Crippen LogP contribution is -2.39. The van der Waals surface area contributed by atoms with E-state index >= 15 is 0 Å². The van der Waals surface area contributed by atoms with Crippen molar-refractivity contribution in [1.82, 2.24) is 20.3 Å². The molecule has 0 radical (unpaired) electrons. The molecular weight excluding hydrogens is 340 g/mol. The average molecular weight is 366 g/mol. The summed E-state index contributed by atoms with van der Waals surface area (Å²) in [4.78, 5) is 27.5. The van der Waals surface area contributed by atoms with Crippen LogP contribution in [0.4, 0.5) is 11.6 Å². The number of amides is 1. The van der Waals surface area contributed by atoms with E-state index in [-0.39, 0.29) is 5.91 Å². The van der Waals surface area contributed by atoms with Gasteiger partial charge >= 0.3 is 0 Å². The van der Waals surface area contributed by atoms with Crippen molar-refractivity contribution >= 4 is 17.5 Å². The molecule has 0 unspecified atom stereocenters. The smallest absolute Gasteiger partial charge is 0.253 e. The van der Waals surface area contributed by atoms with Crippen LogP contribution in [0.1, 0.15) is 34.7 Å². The molecule has 1 amide bonds. The van der Waals surface area contributed by atoms with E-state index in [1.807, 2.05) is 26.0 Å². The van der Waals surface area contributed by atoms with Crippen molar-refractivity contribution in [2.75, 3.05) is 29.9 Å². The van der Waals surface area contributed by atoms with Gasteiger partial charge in [-0.2, -0.15) is 0 Å². The molecule has 3 heterocycles. The Morgan fingerprint density at radius 3 is 2.70 bits per heavy atom. The lowest BCUT2D eigenvalue weighted by atomic mass is 10.0. The van der Waals surface area contributed by atoms with E-state index in [1.165, 1.54) is 0 Å². The minimum Gasteiger partial charge on any atom is -0.367 e. The van der Waals surface area contributed by atoms with E-state index in [4.69, 9.17) is 0 Å². The zero-order chi connectivity index (χ0) is 19.2. The number of carbonyl (C=O) groups is 1. The van der Waals surface area contributed by atoms with Gasteiger partial charge in [0.15, 0.2) is 0 Å². The quantitative estimate of drug-likeness (QED) is 0.764. The van der Waals surface area contributed by atoms with Gasteiger partial charge < -0.3 is 15.5 Å². The zero-order valence-electron chi connectivity index (χ0n) is 15.9. The fourth-order valence-corrected chi connectivity index (χ4v) is 3.20. The first kappa shape index (κ1) is 18.8. The highest BCUT2D eigenvalue weighted by Crippen LogP contribution is 2.21. The third-order valence-corrected chi connectivity index (χ3v) is 4.56. The van der Waals surface area contributed by atoms with Gasteiger partial charge in [0.2, 0.25) is 0 Å². The Bertz CT molecular complexity index is 776. The molecule has 1 aliphatic rings. The van der Waals surface area contributed by atoms with Crippen LogP contribution in [0.3, 0.4) is 0 Å². The Hall–Kier alpha value is -2.96. The van der Waals surface area contributed by atoms with Gasteiger partial charge in [0.1, 0.15) is 17.5 Å². The predicted octanol–water partition coefficient (Wildman–Crippen LogP) is 2.49. The van der Waals surface area contributed by atoms with Gasteiger partial charge in [-0.05, 0) is 38.8 Å². The highest BCUT2D eigenvalue weighted by Gasteiger charge is 2.21. The van der Waals surface area contributed by atoms with Crippen LogP contribution < -0.4 is 15.5 Å². The Labute approximate surface area is 159 Å². The molecule has 7 nitrogen and oxygen atoms in total. The van der Waals surface area contributed by atoms with Crippen molar-refractivity contribution in [3.05, 3.63) is 54.1 Å². The second kappa shape index (κ2) is 8.62. The number of carbonyl (C=O) groups excluding carboxylic acids is 1. The summed E-state index contributed by atoms with van der Waals surface area (Å²) < 4.78 is 0. The molecular formula is C20H26N6O. The topological polar surface area (TPSA) is 83.0 Å². The molecule has 1 aliphatic heterocycles. The molecule has 2 aromatic heterocycles. The van der Waals surface area contributed by atoms with Gasteiger partial charge in [-0.25, -0.2) is 15.0 Å². The maximum Gasteiger partial charge on any atom is 0.253 e. The highest BCUT2D eigenvalue weighted by atomic mass is 16.1. The van der Waals surface area contributed by atoms with Gasteiger partial charge in [0.05, 0.1) is 5.56 Å². The summed E-state index contributed by atoms with van der Waals surface area (Å²) in [5.74, 6) is 2.47. The number of nitrogens with zero attached hydrogens (tertiary/aromatic N) is 4. The summed E-state index contributed by atoms with van der Waals surface area (Å²) in [6, 6.07) is 6.04. The van der Waals surface area contributed by atoms with Gasteiger partial charge in [-0.1, -0.05) is 6.08 Å². The minimum atomic E-state index is -0.141. The molecule has 0 aromatic carbocycles. The minimum absolute atomic E-state index is 0.141. The normalized spacial score (nSPS) is 14.7. The highest BCUT2D eigenvalue weighted by molar-refractivity contribution is 5.94. The lowest BCUT2D eigenvalue weighted by Gasteiger charge is -2.33. The molecule has 3 rings (SSSR count). The van der Waals surface area contributed by atoms with Crippen molar-refractivity contribution in [2.45, 2.75) is 32.7 Å². The number of anilines is 2. The second-order valence-electron chi connectivity index (χ2n) is 6.75. The summed E-state index contributed by atoms with van der Waals surface area (Å²) in [5, 5.41) is 6.21. The summed E-state index contributed by atoms with van der Waals surface area (Å²) in [5.41, 5.74) is 1.55. The lowest BCUT2D eigenvalue weighted by molar-refractivity contribution is 0.0957. The summed E-state index contributed by atoms with van der Waals surface area (Å²) in [6.45, 7) is 9.84. The monoisotopic (exact) mass is 366 g/mol. The molecule has 0 bridgehead atoms. The number of piperidine rings is 1. The van der Waals surface area contributed by atoms with Crippen molar-refractivity contribution in [2.24, 2.45) is 0 Å². The molecule has 0 aliphatic carbocycles. The molecule has 1 saturated heterocycles. The zero-order valence-corrected chi connectivity index (χ0v) is 15.9. The number of hydrogen-bond acceptors (Lipinski definition) is 6. The van der Waals surface area contributed by atoms with Crippen LogP contribution in [0.25, 0.3) is 0 Å². The first-order chi connectivity index (χ1) is 13.0. The van der Waals surface area contributed by atoms with Crippen LogP contribution >= 0.6 is 0 Å². The molecule has 0 spiro atoms. The number of rotatable bonds is 6. The van der Waals surface area contributed by atoms with Crippen LogP contribution in [-0.4, -0.2) is 46.5 Å². The van der Waals surface area contributed by atoms with Gasteiger partial charge in [0.25, 0.3) is 5.91 Å². The molecule has 2 aromatic rings. The summed E-state index contributed by atoms with van der Waals surface area (Å²) >= 11 is 0. The summed E-state index contributed by atoms with van der Waals surface area (Å²) in [6.07, 6.45) is 5.26. The van der Waals surface area contributed by atoms with Gasteiger partial charge in [-0.3, -0.25) is 4.79 Å². The first-order valence-electron chi connectivity index (χ1n) is 9.24. The van der Waals surface area contributed by atoms with Crippen LogP contribution in [0.2, 0.25) is 0 Å². The molecule has 2 N–H and O–H groups in total. The first-order valence-corrected chi connectivity index (χ1v) is 9.24. The second-order valence-corrected chi connectivity index (χ2v) is 6.75.